The third-order valence-corrected chi connectivity index (χ3v) is 7.16. The normalized spacial score (nSPS) is 14.9. The van der Waals surface area contributed by atoms with Gasteiger partial charge in [0.2, 0.25) is 0 Å². The fourth-order valence-corrected chi connectivity index (χ4v) is 5.10. The highest BCUT2D eigenvalue weighted by molar-refractivity contribution is 7.92. The van der Waals surface area contributed by atoms with Crippen LogP contribution in [0, 0.1) is 0 Å². The maximum absolute atomic E-state index is 13.2. The van der Waals surface area contributed by atoms with Gasteiger partial charge >= 0.3 is 0 Å². The van der Waals surface area contributed by atoms with Crippen molar-refractivity contribution in [2.24, 2.45) is 7.05 Å². The number of nitrogens with zero attached hydrogens (tertiary/aromatic N) is 6. The molecule has 0 saturated carbocycles. The van der Waals surface area contributed by atoms with Crippen LogP contribution in [0.2, 0.25) is 0 Å². The Kier molecular flexibility index (Phi) is 6.50. The number of hydrogen-bond acceptors (Lipinski definition) is 5. The number of pyridine rings is 1. The molecule has 1 aliphatic rings. The zero-order chi connectivity index (χ0) is 23.0. The predicted molar refractivity (Wildman–Crippen MR) is 127 cm³/mol. The maximum atomic E-state index is 13.2. The molecule has 11 heteroatoms. The first-order valence-corrected chi connectivity index (χ1v) is 12.6. The average Bonchev–Trinajstić information content (AvgIpc) is 3.35. The van der Waals surface area contributed by atoms with E-state index in [-0.39, 0.29) is 24.4 Å². The minimum Gasteiger partial charge on any atom is -0.342 e. The highest BCUT2D eigenvalue weighted by Crippen LogP contribution is 2.28. The van der Waals surface area contributed by atoms with Crippen LogP contribution in [0.4, 0.5) is 3.89 Å². The molecule has 1 unspecified atom stereocenters. The Morgan fingerprint density at radius 3 is 2.75 bits per heavy atom. The van der Waals surface area contributed by atoms with E-state index in [1.165, 1.54) is 8.65 Å². The lowest BCUT2D eigenvalue weighted by atomic mass is 10.1. The number of aryl methyl sites for hydroxylation is 1. The first kappa shape index (κ1) is 22.7. The van der Waals surface area contributed by atoms with E-state index >= 15 is 0 Å². The van der Waals surface area contributed by atoms with Crippen molar-refractivity contribution >= 4 is 45.3 Å². The van der Waals surface area contributed by atoms with Crippen molar-refractivity contribution in [2.75, 3.05) is 12.8 Å². The highest BCUT2D eigenvalue weighted by atomic mass is 32.2. The minimum absolute atomic E-state index is 0.0853. The molecule has 0 bridgehead atoms. The van der Waals surface area contributed by atoms with E-state index in [0.717, 1.165) is 28.5 Å². The summed E-state index contributed by atoms with van der Waals surface area (Å²) in [6.45, 7) is 5.42. The van der Waals surface area contributed by atoms with Gasteiger partial charge in [-0.15, -0.1) is 3.89 Å². The Labute approximate surface area is 192 Å². The quantitative estimate of drug-likeness (QED) is 0.452. The largest absolute Gasteiger partial charge is 0.342 e. The molecule has 1 aliphatic heterocycles. The van der Waals surface area contributed by atoms with Gasteiger partial charge in [0.15, 0.2) is 18.0 Å². The number of hydrogen-bond donors (Lipinski definition) is 0. The van der Waals surface area contributed by atoms with Crippen molar-refractivity contribution in [2.45, 2.75) is 33.4 Å². The van der Waals surface area contributed by atoms with Gasteiger partial charge in [0, 0.05) is 42.5 Å². The van der Waals surface area contributed by atoms with E-state index < -0.39 is 11.0 Å². The Balaban J connectivity index is 0.00000119. The summed E-state index contributed by atoms with van der Waals surface area (Å²) in [7, 11) is 0.812. The molecule has 0 aromatic carbocycles. The molecule has 5 rings (SSSR count). The standard InChI is InChI=1S/C19H19FN6O2S2.C2H6/c1-23-16-11-24(30(2)28)7-6-14(16)15-9-21-25(19(27)17(15)23)10-13-4-3-12-5-8-26(29-20)18(12)22-13;1-2/h3-5,8-9H,6-7,10-11H2,1-2H3;1-2H3. The second kappa shape index (κ2) is 9.16. The van der Waals surface area contributed by atoms with Crippen LogP contribution in [0.3, 0.4) is 0 Å². The zero-order valence-corrected chi connectivity index (χ0v) is 20.0. The number of aromatic nitrogens is 5. The molecule has 0 spiro atoms. The lowest BCUT2D eigenvalue weighted by Crippen LogP contribution is -2.32. The molecular formula is C21H25FN6O2S2. The van der Waals surface area contributed by atoms with Crippen LogP contribution >= 0.6 is 12.3 Å². The Morgan fingerprint density at radius 2 is 2.03 bits per heavy atom. The van der Waals surface area contributed by atoms with Crippen molar-refractivity contribution in [3.8, 4) is 0 Å². The van der Waals surface area contributed by atoms with E-state index in [1.54, 1.807) is 24.7 Å². The molecule has 4 aromatic rings. The van der Waals surface area contributed by atoms with E-state index in [2.05, 4.69) is 10.1 Å². The number of halogens is 1. The summed E-state index contributed by atoms with van der Waals surface area (Å²) in [5, 5.41) is 6.05. The maximum Gasteiger partial charge on any atom is 0.291 e. The molecule has 8 nitrogen and oxygen atoms in total. The van der Waals surface area contributed by atoms with Crippen LogP contribution in [0.25, 0.3) is 21.9 Å². The van der Waals surface area contributed by atoms with Gasteiger partial charge in [0.1, 0.15) is 5.52 Å². The highest BCUT2D eigenvalue weighted by Gasteiger charge is 2.26. The van der Waals surface area contributed by atoms with Gasteiger partial charge in [-0.05, 0) is 30.2 Å². The van der Waals surface area contributed by atoms with Gasteiger partial charge in [-0.3, -0.25) is 4.79 Å². The van der Waals surface area contributed by atoms with Crippen molar-refractivity contribution < 1.29 is 8.09 Å². The summed E-state index contributed by atoms with van der Waals surface area (Å²) < 4.78 is 31.5. The van der Waals surface area contributed by atoms with Crippen LogP contribution in [0.5, 0.6) is 0 Å². The SMILES string of the molecule is CC.Cn1c2c(c3cnn(Cc4ccc5ccn(SF)c5n4)c(=O)c31)CCN(S(C)=O)C2. The second-order valence-electron chi connectivity index (χ2n) is 7.32. The summed E-state index contributed by atoms with van der Waals surface area (Å²) in [4.78, 5) is 17.7. The molecule has 0 fully saturated rings. The van der Waals surface area contributed by atoms with E-state index in [1.807, 2.05) is 41.9 Å². The predicted octanol–water partition coefficient (Wildman–Crippen LogP) is 3.19. The lowest BCUT2D eigenvalue weighted by Gasteiger charge is -2.25. The average molecular weight is 477 g/mol. The van der Waals surface area contributed by atoms with Crippen molar-refractivity contribution in [3.05, 3.63) is 57.9 Å². The van der Waals surface area contributed by atoms with E-state index in [4.69, 9.17) is 0 Å². The molecule has 0 N–H and O–H groups in total. The first-order chi connectivity index (χ1) is 15.5. The van der Waals surface area contributed by atoms with Gasteiger partial charge in [0.05, 0.1) is 36.0 Å². The Hall–Kier alpha value is -2.50. The molecule has 5 heterocycles. The van der Waals surface area contributed by atoms with Crippen molar-refractivity contribution in [1.82, 2.24) is 27.6 Å². The fraction of sp³-hybridized carbons (Fsp3) is 0.381. The summed E-state index contributed by atoms with van der Waals surface area (Å²) >= 11 is 0.0853. The molecule has 170 valence electrons. The monoisotopic (exact) mass is 476 g/mol. The lowest BCUT2D eigenvalue weighted by molar-refractivity contribution is 0.412. The molecule has 0 aliphatic carbocycles. The molecule has 0 saturated heterocycles. The van der Waals surface area contributed by atoms with Gasteiger partial charge in [-0.2, -0.15) is 5.10 Å². The molecule has 4 aromatic heterocycles. The number of fused-ring (bicyclic) bond motifs is 4. The van der Waals surface area contributed by atoms with Gasteiger partial charge in [-0.25, -0.2) is 22.2 Å². The third kappa shape index (κ3) is 3.78. The smallest absolute Gasteiger partial charge is 0.291 e. The van der Waals surface area contributed by atoms with Crippen molar-refractivity contribution in [1.29, 1.82) is 0 Å². The van der Waals surface area contributed by atoms with Crippen LogP contribution in [0.1, 0.15) is 30.8 Å². The summed E-state index contributed by atoms with van der Waals surface area (Å²) in [5.74, 6) is 0. The number of rotatable bonds is 4. The third-order valence-electron chi connectivity index (χ3n) is 5.68. The summed E-state index contributed by atoms with van der Waals surface area (Å²) in [6, 6.07) is 5.46. The van der Waals surface area contributed by atoms with Crippen molar-refractivity contribution in [3.63, 3.8) is 0 Å². The van der Waals surface area contributed by atoms with E-state index in [9.17, 15) is 12.9 Å². The molecule has 0 amide bonds. The molecule has 1 atom stereocenters. The second-order valence-corrected chi connectivity index (χ2v) is 9.21. The van der Waals surface area contributed by atoms with Crippen LogP contribution in [0.15, 0.2) is 35.4 Å². The van der Waals surface area contributed by atoms with Gasteiger partial charge in [0.25, 0.3) is 5.56 Å². The Morgan fingerprint density at radius 1 is 1.25 bits per heavy atom. The van der Waals surface area contributed by atoms with Crippen LogP contribution < -0.4 is 5.56 Å². The molecule has 0 radical (unpaired) electrons. The summed E-state index contributed by atoms with van der Waals surface area (Å²) in [5.41, 5.74) is 3.62. The van der Waals surface area contributed by atoms with E-state index in [0.29, 0.717) is 29.9 Å². The van der Waals surface area contributed by atoms with Crippen LogP contribution in [-0.2, 0) is 37.5 Å². The minimum atomic E-state index is -1.05. The summed E-state index contributed by atoms with van der Waals surface area (Å²) in [6.07, 6.45) is 5.74. The fourth-order valence-electron chi connectivity index (χ4n) is 4.13. The zero-order valence-electron chi connectivity index (χ0n) is 18.4. The van der Waals surface area contributed by atoms with Gasteiger partial charge in [-0.1, -0.05) is 13.8 Å². The Bertz CT molecular complexity index is 1380. The molecule has 32 heavy (non-hydrogen) atoms. The van der Waals surface area contributed by atoms with Gasteiger partial charge < -0.3 is 4.57 Å². The first-order valence-electron chi connectivity index (χ1n) is 10.4. The molecular weight excluding hydrogens is 451 g/mol. The van der Waals surface area contributed by atoms with Crippen LogP contribution in [-0.4, -0.2) is 44.6 Å². The topological polar surface area (TPSA) is 78.0 Å².